The van der Waals surface area contributed by atoms with Crippen molar-refractivity contribution < 1.29 is 14.5 Å². The van der Waals surface area contributed by atoms with Gasteiger partial charge in [-0.05, 0) is 34.6 Å². The van der Waals surface area contributed by atoms with Crippen LogP contribution in [0, 0.1) is 0 Å². The summed E-state index contributed by atoms with van der Waals surface area (Å²) in [6.45, 7) is 9.16. The summed E-state index contributed by atoms with van der Waals surface area (Å²) in [7, 11) is 1.59. The van der Waals surface area contributed by atoms with Gasteiger partial charge >= 0.3 is 6.09 Å². The standard InChI is InChI=1S/C9H18N2O2/c1-7(2)10-11(6,8(12)13)9(3,4)5/h1-6H3/p+1. The minimum atomic E-state index is -0.936. The van der Waals surface area contributed by atoms with Gasteiger partial charge in [0.25, 0.3) is 0 Å². The topological polar surface area (TPSA) is 49.7 Å². The first-order chi connectivity index (χ1) is 5.61. The lowest BCUT2D eigenvalue weighted by Gasteiger charge is -2.34. The maximum atomic E-state index is 11.1. The van der Waals surface area contributed by atoms with Gasteiger partial charge in [0.15, 0.2) is 0 Å². The van der Waals surface area contributed by atoms with Crippen LogP contribution in [0.2, 0.25) is 0 Å². The van der Waals surface area contributed by atoms with Gasteiger partial charge < -0.3 is 5.11 Å². The molecule has 1 atom stereocenters. The molecule has 0 aliphatic rings. The average molecular weight is 187 g/mol. The summed E-state index contributed by atoms with van der Waals surface area (Å²) in [6, 6.07) is 0. The Bertz CT molecular complexity index is 236. The number of nitrogens with zero attached hydrogens (tertiary/aromatic N) is 2. The van der Waals surface area contributed by atoms with E-state index in [2.05, 4.69) is 5.10 Å². The number of carbonyl (C=O) groups is 1. The highest BCUT2D eigenvalue weighted by Gasteiger charge is 2.45. The highest BCUT2D eigenvalue weighted by Crippen LogP contribution is 2.23. The summed E-state index contributed by atoms with van der Waals surface area (Å²) >= 11 is 0. The molecule has 1 unspecified atom stereocenters. The molecule has 0 aromatic rings. The van der Waals surface area contributed by atoms with Gasteiger partial charge in [-0.15, -0.1) is 0 Å². The Labute approximate surface area is 79.4 Å². The maximum Gasteiger partial charge on any atom is 0.540 e. The van der Waals surface area contributed by atoms with E-state index in [4.69, 9.17) is 5.11 Å². The van der Waals surface area contributed by atoms with Crippen LogP contribution in [-0.2, 0) is 0 Å². The largest absolute Gasteiger partial charge is 0.540 e. The van der Waals surface area contributed by atoms with E-state index in [1.807, 2.05) is 20.8 Å². The van der Waals surface area contributed by atoms with Crippen molar-refractivity contribution in [1.82, 2.24) is 0 Å². The molecule has 0 aromatic carbocycles. The minimum Gasteiger partial charge on any atom is -0.434 e. The quantitative estimate of drug-likeness (QED) is 0.389. The number of rotatable bonds is 1. The SMILES string of the molecule is CC(C)=N[N+](C)(C(=O)O)C(C)(C)C. The molecule has 0 spiro atoms. The molecular weight excluding hydrogens is 168 g/mol. The molecule has 0 saturated carbocycles. The maximum absolute atomic E-state index is 11.1. The highest BCUT2D eigenvalue weighted by molar-refractivity contribution is 5.79. The zero-order valence-electron chi connectivity index (χ0n) is 9.25. The number of carboxylic acid groups (broad SMARTS) is 1. The van der Waals surface area contributed by atoms with Crippen molar-refractivity contribution in [1.29, 1.82) is 0 Å². The zero-order valence-corrected chi connectivity index (χ0v) is 9.25. The minimum absolute atomic E-state index is 0.338. The second-order valence-electron chi connectivity index (χ2n) is 4.46. The van der Waals surface area contributed by atoms with E-state index in [1.165, 1.54) is 0 Å². The third-order valence-electron chi connectivity index (χ3n) is 2.08. The lowest BCUT2D eigenvalue weighted by Crippen LogP contribution is -2.56. The molecule has 0 saturated heterocycles. The monoisotopic (exact) mass is 187 g/mol. The molecule has 13 heavy (non-hydrogen) atoms. The molecule has 0 aliphatic carbocycles. The molecule has 0 heterocycles. The van der Waals surface area contributed by atoms with Gasteiger partial charge in [-0.1, -0.05) is 9.69 Å². The Morgan fingerprint density at radius 1 is 1.31 bits per heavy atom. The molecule has 0 aromatic heterocycles. The van der Waals surface area contributed by atoms with E-state index >= 15 is 0 Å². The van der Waals surface area contributed by atoms with Gasteiger partial charge in [0.05, 0.1) is 5.71 Å². The fourth-order valence-corrected chi connectivity index (χ4v) is 0.880. The average Bonchev–Trinajstić information content (AvgIpc) is 1.82. The number of amides is 1. The van der Waals surface area contributed by atoms with E-state index in [0.717, 1.165) is 5.71 Å². The number of hydrogen-bond donors (Lipinski definition) is 1. The van der Waals surface area contributed by atoms with Crippen molar-refractivity contribution in [2.75, 3.05) is 7.05 Å². The van der Waals surface area contributed by atoms with Crippen molar-refractivity contribution in [3.8, 4) is 0 Å². The Morgan fingerprint density at radius 2 is 1.69 bits per heavy atom. The van der Waals surface area contributed by atoms with Crippen molar-refractivity contribution in [3.05, 3.63) is 0 Å². The first kappa shape index (κ1) is 12.1. The Morgan fingerprint density at radius 3 is 1.77 bits per heavy atom. The molecule has 0 bridgehead atoms. The molecular formula is C9H19N2O2+. The first-order valence-corrected chi connectivity index (χ1v) is 4.25. The third-order valence-corrected chi connectivity index (χ3v) is 2.08. The summed E-state index contributed by atoms with van der Waals surface area (Å²) < 4.78 is -0.338. The van der Waals surface area contributed by atoms with Gasteiger partial charge in [-0.25, -0.2) is 0 Å². The lowest BCUT2D eigenvalue weighted by molar-refractivity contribution is -0.891. The fourth-order valence-electron chi connectivity index (χ4n) is 0.880. The first-order valence-electron chi connectivity index (χ1n) is 4.25. The van der Waals surface area contributed by atoms with Crippen LogP contribution in [0.4, 0.5) is 4.79 Å². The molecule has 0 aliphatic heterocycles. The molecule has 4 heteroatoms. The van der Waals surface area contributed by atoms with E-state index in [0.29, 0.717) is 0 Å². The molecule has 0 radical (unpaired) electrons. The van der Waals surface area contributed by atoms with Crippen LogP contribution in [0.25, 0.3) is 0 Å². The second-order valence-corrected chi connectivity index (χ2v) is 4.46. The normalized spacial score (nSPS) is 16.2. The van der Waals surface area contributed by atoms with Crippen LogP contribution < -0.4 is 0 Å². The number of quaternary nitrogens is 1. The summed E-state index contributed by atoms with van der Waals surface area (Å²) in [6.07, 6.45) is -0.936. The summed E-state index contributed by atoms with van der Waals surface area (Å²) in [4.78, 5) is 11.1. The molecule has 4 nitrogen and oxygen atoms in total. The Hall–Kier alpha value is -0.900. The Balaban J connectivity index is 5.22. The predicted octanol–water partition coefficient (Wildman–Crippen LogP) is 2.31. The van der Waals surface area contributed by atoms with Gasteiger partial charge in [-0.2, -0.15) is 4.79 Å². The van der Waals surface area contributed by atoms with E-state index in [9.17, 15) is 4.79 Å². The van der Waals surface area contributed by atoms with Crippen LogP contribution in [0.3, 0.4) is 0 Å². The van der Waals surface area contributed by atoms with Crippen LogP contribution in [-0.4, -0.2) is 34.1 Å². The van der Waals surface area contributed by atoms with Crippen LogP contribution >= 0.6 is 0 Å². The smallest absolute Gasteiger partial charge is 0.434 e. The van der Waals surface area contributed by atoms with Crippen LogP contribution in [0.5, 0.6) is 0 Å². The Kier molecular flexibility index (Phi) is 3.22. The predicted molar refractivity (Wildman–Crippen MR) is 52.7 cm³/mol. The molecule has 1 amide bonds. The number of hydrogen-bond acceptors (Lipinski definition) is 2. The van der Waals surface area contributed by atoms with Gasteiger partial charge in [0, 0.05) is 0 Å². The summed E-state index contributed by atoms with van der Waals surface area (Å²) in [5.41, 5.74) is 0.322. The van der Waals surface area contributed by atoms with E-state index in [1.54, 1.807) is 20.9 Å². The highest BCUT2D eigenvalue weighted by atomic mass is 16.4. The molecule has 0 rings (SSSR count). The van der Waals surface area contributed by atoms with Crippen molar-refractivity contribution >= 4 is 11.8 Å². The summed E-state index contributed by atoms with van der Waals surface area (Å²) in [5.74, 6) is 0. The zero-order chi connectivity index (χ0) is 10.9. The summed E-state index contributed by atoms with van der Waals surface area (Å²) in [5, 5.41) is 13.2. The van der Waals surface area contributed by atoms with Gasteiger partial charge in [0.2, 0.25) is 0 Å². The molecule has 76 valence electrons. The van der Waals surface area contributed by atoms with Crippen molar-refractivity contribution in [2.24, 2.45) is 5.10 Å². The van der Waals surface area contributed by atoms with Gasteiger partial charge in [-0.3, -0.25) is 0 Å². The molecule has 1 N–H and O–H groups in total. The van der Waals surface area contributed by atoms with Crippen molar-refractivity contribution in [2.45, 2.75) is 40.2 Å². The van der Waals surface area contributed by atoms with Gasteiger partial charge in [0.1, 0.15) is 12.6 Å². The third kappa shape index (κ3) is 2.52. The van der Waals surface area contributed by atoms with E-state index < -0.39 is 11.6 Å². The van der Waals surface area contributed by atoms with Crippen LogP contribution in [0.1, 0.15) is 34.6 Å². The van der Waals surface area contributed by atoms with Crippen molar-refractivity contribution in [3.63, 3.8) is 0 Å². The fraction of sp³-hybridized carbons (Fsp3) is 0.778. The lowest BCUT2D eigenvalue weighted by atomic mass is 10.1. The van der Waals surface area contributed by atoms with E-state index in [-0.39, 0.29) is 4.59 Å². The van der Waals surface area contributed by atoms with Crippen LogP contribution in [0.15, 0.2) is 5.10 Å². The molecule has 0 fully saturated rings. The second kappa shape index (κ2) is 3.46.